The molecule has 0 heterocycles. The maximum absolute atomic E-state index is 13.4. The van der Waals surface area contributed by atoms with E-state index in [2.05, 4.69) is 28.7 Å². The first kappa shape index (κ1) is 29.3. The van der Waals surface area contributed by atoms with Crippen molar-refractivity contribution in [3.8, 4) is 11.1 Å². The van der Waals surface area contributed by atoms with Crippen LogP contribution in [-0.2, 0) is 22.7 Å². The molecule has 7 heteroatoms. The zero-order valence-electron chi connectivity index (χ0n) is 23.1. The number of unbranched alkanes of at least 4 members (excludes halogenated alkanes) is 1. The van der Waals surface area contributed by atoms with Crippen LogP contribution in [0.2, 0.25) is 0 Å². The minimum Gasteiger partial charge on any atom is -0.459 e. The molecular weight excluding hydrogens is 486 g/mol. The van der Waals surface area contributed by atoms with Crippen LogP contribution in [0.5, 0.6) is 0 Å². The first-order valence-corrected chi connectivity index (χ1v) is 13.4. The minimum absolute atomic E-state index is 0.00404. The molecule has 0 saturated carbocycles. The maximum atomic E-state index is 13.4. The van der Waals surface area contributed by atoms with Crippen molar-refractivity contribution in [1.29, 1.82) is 5.41 Å². The predicted octanol–water partition coefficient (Wildman–Crippen LogP) is 7.28. The summed E-state index contributed by atoms with van der Waals surface area (Å²) in [6.07, 6.45) is 2.86. The van der Waals surface area contributed by atoms with Gasteiger partial charge in [0, 0.05) is 17.8 Å². The largest absolute Gasteiger partial charge is 0.459 e. The van der Waals surface area contributed by atoms with E-state index in [4.69, 9.17) is 16.0 Å². The molecule has 0 bridgehead atoms. The predicted molar refractivity (Wildman–Crippen MR) is 157 cm³/mol. The molecule has 0 unspecified atom stereocenters. The molecule has 0 spiro atoms. The van der Waals surface area contributed by atoms with Gasteiger partial charge in [0.2, 0.25) is 0 Å². The first-order chi connectivity index (χ1) is 18.8. The summed E-state index contributed by atoms with van der Waals surface area (Å²) >= 11 is 0. The molecule has 0 fully saturated rings. The molecule has 7 nitrogen and oxygen atoms in total. The molecule has 3 rings (SSSR count). The zero-order chi connectivity index (χ0) is 28.2. The molecule has 0 aromatic heterocycles. The zero-order valence-corrected chi connectivity index (χ0v) is 23.1. The number of hydrogen-bond donors (Lipinski definition) is 2. The molecule has 39 heavy (non-hydrogen) atoms. The van der Waals surface area contributed by atoms with Gasteiger partial charge >= 0.3 is 5.97 Å². The Morgan fingerprint density at radius 1 is 1.00 bits per heavy atom. The molecule has 1 atom stereocenters. The fourth-order valence-electron chi connectivity index (χ4n) is 4.54. The van der Waals surface area contributed by atoms with Gasteiger partial charge in [-0.15, -0.1) is 5.11 Å². The number of esters is 1. The van der Waals surface area contributed by atoms with E-state index < -0.39 is 6.04 Å². The summed E-state index contributed by atoms with van der Waals surface area (Å²) in [5.74, 6) is 4.95. The summed E-state index contributed by atoms with van der Waals surface area (Å²) < 4.78 is 5.79. The van der Waals surface area contributed by atoms with Gasteiger partial charge in [0.1, 0.15) is 12.6 Å². The fourth-order valence-corrected chi connectivity index (χ4v) is 4.54. The minimum atomic E-state index is -0.458. The van der Waals surface area contributed by atoms with Gasteiger partial charge in [-0.3, -0.25) is 5.41 Å². The molecule has 3 N–H and O–H groups in total. The molecular formula is C32H39N5O2. The average molecular weight is 526 g/mol. The highest BCUT2D eigenvalue weighted by Gasteiger charge is 2.31. The maximum Gasteiger partial charge on any atom is 0.329 e. The van der Waals surface area contributed by atoms with Gasteiger partial charge in [-0.25, -0.2) is 4.79 Å². The number of nitrogens with zero attached hydrogens (tertiary/aromatic N) is 3. The van der Waals surface area contributed by atoms with Crippen molar-refractivity contribution in [2.45, 2.75) is 59.2 Å². The Labute approximate surface area is 231 Å². The van der Waals surface area contributed by atoms with Crippen molar-refractivity contribution in [1.82, 2.24) is 4.90 Å². The molecule has 0 radical (unpaired) electrons. The lowest BCUT2D eigenvalue weighted by atomic mass is 9.97. The van der Waals surface area contributed by atoms with Crippen LogP contribution in [0.15, 0.2) is 101 Å². The van der Waals surface area contributed by atoms with E-state index in [9.17, 15) is 4.79 Å². The number of carbonyl (C=O) groups excluding carboxylic acids is 1. The lowest BCUT2D eigenvalue weighted by molar-refractivity contribution is -0.152. The van der Waals surface area contributed by atoms with Crippen molar-refractivity contribution in [2.24, 2.45) is 22.1 Å². The Balaban J connectivity index is 1.85. The molecule has 0 aliphatic rings. The van der Waals surface area contributed by atoms with E-state index in [0.29, 0.717) is 12.1 Å². The van der Waals surface area contributed by atoms with Crippen molar-refractivity contribution in [2.75, 3.05) is 0 Å². The summed E-state index contributed by atoms with van der Waals surface area (Å²) in [5, 5.41) is 15.1. The topological polar surface area (TPSA) is 104 Å². The second-order valence-corrected chi connectivity index (χ2v) is 9.89. The summed E-state index contributed by atoms with van der Waals surface area (Å²) in [4.78, 5) is 15.5. The highest BCUT2D eigenvalue weighted by atomic mass is 16.5. The number of hydrogen-bond acceptors (Lipinski definition) is 5. The summed E-state index contributed by atoms with van der Waals surface area (Å²) in [6, 6.07) is 25.0. The van der Waals surface area contributed by atoms with Gasteiger partial charge in [-0.05, 0) is 41.0 Å². The first-order valence-electron chi connectivity index (χ1n) is 13.4. The summed E-state index contributed by atoms with van der Waals surface area (Å²) in [7, 11) is 0. The Hall–Kier alpha value is -4.26. The lowest BCUT2D eigenvalue weighted by Crippen LogP contribution is -2.44. The fraction of sp³-hybridized carbons (Fsp3) is 0.312. The average Bonchev–Trinajstić information content (AvgIpc) is 2.95. The van der Waals surface area contributed by atoms with Crippen LogP contribution >= 0.6 is 0 Å². The van der Waals surface area contributed by atoms with Crippen LogP contribution in [0.1, 0.15) is 56.7 Å². The van der Waals surface area contributed by atoms with Crippen molar-refractivity contribution < 1.29 is 9.53 Å². The smallest absolute Gasteiger partial charge is 0.329 e. The normalized spacial score (nSPS) is 11.9. The van der Waals surface area contributed by atoms with Crippen molar-refractivity contribution in [3.05, 3.63) is 108 Å². The monoisotopic (exact) mass is 525 g/mol. The summed E-state index contributed by atoms with van der Waals surface area (Å²) in [6.45, 7) is 11.4. The molecule has 0 aliphatic carbocycles. The molecule has 3 aromatic rings. The quantitative estimate of drug-likeness (QED) is 0.0611. The number of nitrogens with two attached hydrogens (primary N) is 1. The Morgan fingerprint density at radius 2 is 1.67 bits per heavy atom. The number of amidine groups is 1. The molecule has 204 valence electrons. The number of ether oxygens (including phenoxy) is 1. The van der Waals surface area contributed by atoms with Crippen LogP contribution in [0.4, 0.5) is 0 Å². The third-order valence-corrected chi connectivity index (χ3v) is 6.62. The molecule has 0 aliphatic heterocycles. The number of allylic oxidation sites excluding steroid dienone is 1. The Kier molecular flexibility index (Phi) is 11.0. The third kappa shape index (κ3) is 8.11. The second kappa shape index (κ2) is 14.6. The van der Waals surface area contributed by atoms with E-state index in [-0.39, 0.29) is 24.3 Å². The van der Waals surface area contributed by atoms with Crippen LogP contribution in [0.25, 0.3) is 11.1 Å². The Bertz CT molecular complexity index is 1270. The van der Waals surface area contributed by atoms with Crippen LogP contribution in [0.3, 0.4) is 0 Å². The van der Waals surface area contributed by atoms with Crippen LogP contribution in [-0.4, -0.2) is 22.7 Å². The second-order valence-electron chi connectivity index (χ2n) is 9.89. The lowest BCUT2D eigenvalue weighted by Gasteiger charge is -2.36. The van der Waals surface area contributed by atoms with E-state index in [1.165, 1.54) is 0 Å². The molecule has 0 amide bonds. The van der Waals surface area contributed by atoms with Crippen LogP contribution < -0.4 is 5.84 Å². The van der Waals surface area contributed by atoms with Gasteiger partial charge in [0.15, 0.2) is 5.84 Å². The van der Waals surface area contributed by atoms with Gasteiger partial charge in [-0.1, -0.05) is 118 Å². The third-order valence-electron chi connectivity index (χ3n) is 6.62. The van der Waals surface area contributed by atoms with Crippen molar-refractivity contribution in [3.63, 3.8) is 0 Å². The van der Waals surface area contributed by atoms with Gasteiger partial charge in [0.25, 0.3) is 0 Å². The summed E-state index contributed by atoms with van der Waals surface area (Å²) in [5.41, 5.74) is 5.41. The van der Waals surface area contributed by atoms with Crippen molar-refractivity contribution >= 4 is 11.8 Å². The highest BCUT2D eigenvalue weighted by Crippen LogP contribution is 2.28. The SMILES string of the molecule is C=C(CCCC)N(Cc1ccc(-c2ccccc2C(=N)N=NN)cc1)[C@H](C(=O)OCc1ccccc1)C(C)C. The number of carbonyl (C=O) groups is 1. The van der Waals surface area contributed by atoms with Gasteiger partial charge in [-0.2, -0.15) is 0 Å². The van der Waals surface area contributed by atoms with Gasteiger partial charge in [0.05, 0.1) is 0 Å². The standard InChI is InChI=1S/C32H39N5O2/c1-5-6-12-24(4)37(30(23(2)3)32(38)39-22-26-13-8-7-9-14-26)21-25-17-19-27(20-18-25)28-15-10-11-16-29(28)31(33)35-36-34/h7-11,13-20,23,30H,4-6,12,21-22H2,1-3H3,(H3,33,34,35)/t30-/m0/s1. The van der Waals surface area contributed by atoms with E-state index in [1.807, 2.05) is 92.7 Å². The number of nitrogens with one attached hydrogen (secondary N) is 1. The molecule has 0 saturated heterocycles. The van der Waals surface area contributed by atoms with Crippen LogP contribution in [0, 0.1) is 11.3 Å². The Morgan fingerprint density at radius 3 is 2.31 bits per heavy atom. The van der Waals surface area contributed by atoms with E-state index in [1.54, 1.807) is 0 Å². The highest BCUT2D eigenvalue weighted by molar-refractivity contribution is 6.02. The number of rotatable bonds is 13. The number of benzene rings is 3. The molecule has 3 aromatic carbocycles. The van der Waals surface area contributed by atoms with Gasteiger partial charge < -0.3 is 15.5 Å². The van der Waals surface area contributed by atoms with E-state index in [0.717, 1.165) is 47.2 Å². The van der Waals surface area contributed by atoms with E-state index >= 15 is 0 Å².